The average Bonchev–Trinajstić information content (AvgIpc) is 3.23. The third-order valence-electron chi connectivity index (χ3n) is 7.25. The number of halogens is 1. The molecule has 0 saturated carbocycles. The number of pyridine rings is 2. The Morgan fingerprint density at radius 2 is 1.97 bits per heavy atom. The normalized spacial score (nSPS) is 14.0. The Balaban J connectivity index is 1.39. The van der Waals surface area contributed by atoms with E-state index in [1.165, 1.54) is 13.1 Å². The molecule has 196 valence electrons. The zero-order chi connectivity index (χ0) is 27.0. The third kappa shape index (κ3) is 4.61. The van der Waals surface area contributed by atoms with Gasteiger partial charge in [0.05, 0.1) is 5.69 Å². The molecule has 0 aliphatic carbocycles. The van der Waals surface area contributed by atoms with Crippen LogP contribution in [0.2, 0.25) is 0 Å². The summed E-state index contributed by atoms with van der Waals surface area (Å²) in [5.74, 6) is -0.664. The van der Waals surface area contributed by atoms with Gasteiger partial charge < -0.3 is 15.2 Å². The number of anilines is 1. The van der Waals surface area contributed by atoms with Crippen molar-refractivity contribution >= 4 is 28.2 Å². The quantitative estimate of drug-likeness (QED) is 0.408. The number of hydrogen-bond acceptors (Lipinski definition) is 5. The molecule has 0 spiro atoms. The Morgan fingerprint density at radius 3 is 2.63 bits per heavy atom. The number of fused-ring (bicyclic) bond motifs is 1. The van der Waals surface area contributed by atoms with E-state index >= 15 is 0 Å². The van der Waals surface area contributed by atoms with Gasteiger partial charge in [-0.3, -0.25) is 19.1 Å². The molecule has 1 aliphatic heterocycles. The van der Waals surface area contributed by atoms with Crippen LogP contribution in [0.5, 0.6) is 0 Å². The number of hydrogen-bond donors (Lipinski definition) is 2. The fourth-order valence-corrected chi connectivity index (χ4v) is 5.19. The Bertz CT molecular complexity index is 1610. The molecule has 3 aromatic heterocycles. The molecule has 0 bridgehead atoms. The van der Waals surface area contributed by atoms with Crippen molar-refractivity contribution in [3.05, 3.63) is 93.4 Å². The van der Waals surface area contributed by atoms with E-state index in [0.29, 0.717) is 30.6 Å². The molecular formula is C29H31FN6O2. The summed E-state index contributed by atoms with van der Waals surface area (Å²) in [5.41, 5.74) is 5.96. The lowest BCUT2D eigenvalue weighted by Crippen LogP contribution is -2.29. The molecule has 4 heterocycles. The molecule has 0 saturated heterocycles. The maximum atomic E-state index is 15.0. The van der Waals surface area contributed by atoms with Crippen LogP contribution in [0, 0.1) is 12.7 Å². The van der Waals surface area contributed by atoms with Gasteiger partial charge in [0.25, 0.3) is 11.5 Å². The molecule has 9 heteroatoms. The standard InChI is InChI=1S/C29H31FN6O2/c1-18-13-20(29(38)32-3)14-24(30)27(18)19-6-10-35(11-7-19)17-22-16-23-25(5-9-33-28(23)34(22)4)36-12-8-21(31-2)15-26(36)37/h5-6,8-9,12-16,31H,7,10-11,17H2,1-4H3,(H,32,38). The lowest BCUT2D eigenvalue weighted by Gasteiger charge is -2.27. The minimum absolute atomic E-state index is 0.116. The van der Waals surface area contributed by atoms with E-state index in [2.05, 4.69) is 37.2 Å². The highest BCUT2D eigenvalue weighted by atomic mass is 19.1. The van der Waals surface area contributed by atoms with Crippen LogP contribution in [-0.2, 0) is 13.6 Å². The third-order valence-corrected chi connectivity index (χ3v) is 7.25. The van der Waals surface area contributed by atoms with Crippen LogP contribution in [0.25, 0.3) is 22.3 Å². The van der Waals surface area contributed by atoms with Crippen LogP contribution in [0.1, 0.15) is 33.6 Å². The predicted molar refractivity (Wildman–Crippen MR) is 148 cm³/mol. The molecule has 1 aliphatic rings. The molecule has 4 aromatic rings. The van der Waals surface area contributed by atoms with Gasteiger partial charge in [-0.25, -0.2) is 9.37 Å². The minimum Gasteiger partial charge on any atom is -0.388 e. The first-order valence-electron chi connectivity index (χ1n) is 12.6. The summed E-state index contributed by atoms with van der Waals surface area (Å²) in [6.45, 7) is 3.99. The number of aryl methyl sites for hydroxylation is 2. The molecule has 0 fully saturated rings. The predicted octanol–water partition coefficient (Wildman–Crippen LogP) is 3.86. The number of nitrogens with one attached hydrogen (secondary N) is 2. The van der Waals surface area contributed by atoms with Crippen LogP contribution in [-0.4, -0.2) is 52.1 Å². The number of amides is 1. The van der Waals surface area contributed by atoms with Gasteiger partial charge in [0.15, 0.2) is 0 Å². The van der Waals surface area contributed by atoms with Crippen LogP contribution >= 0.6 is 0 Å². The zero-order valence-corrected chi connectivity index (χ0v) is 22.0. The SMILES string of the molecule is CNC(=O)c1cc(C)c(C2=CCN(Cc3cc4c(-n5ccc(NC)cc5=O)ccnc4n3C)CC2)c(F)c1. The first-order chi connectivity index (χ1) is 18.3. The van der Waals surface area contributed by atoms with Gasteiger partial charge in [0.2, 0.25) is 0 Å². The van der Waals surface area contributed by atoms with Crippen molar-refractivity contribution in [2.24, 2.45) is 7.05 Å². The molecule has 2 N–H and O–H groups in total. The summed E-state index contributed by atoms with van der Waals surface area (Å²) in [4.78, 5) is 31.6. The minimum atomic E-state index is -0.367. The summed E-state index contributed by atoms with van der Waals surface area (Å²) in [5, 5.41) is 6.45. The van der Waals surface area contributed by atoms with E-state index in [0.717, 1.165) is 45.8 Å². The van der Waals surface area contributed by atoms with E-state index in [1.54, 1.807) is 36.1 Å². The van der Waals surface area contributed by atoms with Crippen molar-refractivity contribution in [2.45, 2.75) is 19.9 Å². The van der Waals surface area contributed by atoms with Crippen LogP contribution in [0.3, 0.4) is 0 Å². The van der Waals surface area contributed by atoms with Gasteiger partial charge in [-0.2, -0.15) is 0 Å². The van der Waals surface area contributed by atoms with E-state index < -0.39 is 0 Å². The average molecular weight is 515 g/mol. The summed E-state index contributed by atoms with van der Waals surface area (Å²) >= 11 is 0. The maximum Gasteiger partial charge on any atom is 0.257 e. The molecule has 38 heavy (non-hydrogen) atoms. The van der Waals surface area contributed by atoms with E-state index in [1.807, 2.05) is 26.1 Å². The van der Waals surface area contributed by atoms with Gasteiger partial charge in [0, 0.05) is 87.1 Å². The summed E-state index contributed by atoms with van der Waals surface area (Å²) in [6.07, 6.45) is 6.28. The molecule has 5 rings (SSSR count). The van der Waals surface area contributed by atoms with Gasteiger partial charge >= 0.3 is 0 Å². The monoisotopic (exact) mass is 514 g/mol. The number of nitrogens with zero attached hydrogens (tertiary/aromatic N) is 4. The first kappa shape index (κ1) is 25.4. The highest BCUT2D eigenvalue weighted by molar-refractivity contribution is 5.94. The van der Waals surface area contributed by atoms with Gasteiger partial charge in [0.1, 0.15) is 11.5 Å². The molecular weight excluding hydrogens is 483 g/mol. The summed E-state index contributed by atoms with van der Waals surface area (Å²) < 4.78 is 18.7. The lowest BCUT2D eigenvalue weighted by molar-refractivity contribution is 0.0962. The topological polar surface area (TPSA) is 84.2 Å². The first-order valence-corrected chi connectivity index (χ1v) is 12.6. The Kier molecular flexibility index (Phi) is 6.86. The molecule has 8 nitrogen and oxygen atoms in total. The largest absolute Gasteiger partial charge is 0.388 e. The Morgan fingerprint density at radius 1 is 1.16 bits per heavy atom. The van der Waals surface area contributed by atoms with Crippen LogP contribution in [0.4, 0.5) is 10.1 Å². The van der Waals surface area contributed by atoms with Crippen molar-refractivity contribution < 1.29 is 9.18 Å². The van der Waals surface area contributed by atoms with Crippen molar-refractivity contribution in [3.63, 3.8) is 0 Å². The number of carbonyl (C=O) groups excluding carboxylic acids is 1. The van der Waals surface area contributed by atoms with Gasteiger partial charge in [-0.1, -0.05) is 6.08 Å². The van der Waals surface area contributed by atoms with Crippen molar-refractivity contribution in [3.8, 4) is 5.69 Å². The second-order valence-corrected chi connectivity index (χ2v) is 9.58. The zero-order valence-electron chi connectivity index (χ0n) is 22.0. The van der Waals surface area contributed by atoms with Crippen LogP contribution in [0.15, 0.2) is 59.7 Å². The lowest BCUT2D eigenvalue weighted by atomic mass is 9.93. The summed E-state index contributed by atoms with van der Waals surface area (Å²) in [7, 11) is 5.31. The number of aromatic nitrogens is 3. The van der Waals surface area contributed by atoms with E-state index in [9.17, 15) is 14.0 Å². The maximum absolute atomic E-state index is 15.0. The number of rotatable bonds is 6. The number of carbonyl (C=O) groups is 1. The van der Waals surface area contributed by atoms with Crippen LogP contribution < -0.4 is 16.2 Å². The Labute approximate surface area is 220 Å². The Hall–Kier alpha value is -4.24. The fraction of sp³-hybridized carbons (Fsp3) is 0.276. The van der Waals surface area contributed by atoms with Crippen molar-refractivity contribution in [2.75, 3.05) is 32.5 Å². The van der Waals surface area contributed by atoms with E-state index in [-0.39, 0.29) is 17.3 Å². The molecule has 1 aromatic carbocycles. The summed E-state index contributed by atoms with van der Waals surface area (Å²) in [6, 6.07) is 10.4. The van der Waals surface area contributed by atoms with E-state index in [4.69, 9.17) is 0 Å². The smallest absolute Gasteiger partial charge is 0.257 e. The second-order valence-electron chi connectivity index (χ2n) is 9.58. The second kappa shape index (κ2) is 10.3. The van der Waals surface area contributed by atoms with Crippen molar-refractivity contribution in [1.82, 2.24) is 24.3 Å². The molecule has 1 amide bonds. The van der Waals surface area contributed by atoms with Gasteiger partial charge in [-0.05, 0) is 54.8 Å². The fourth-order valence-electron chi connectivity index (χ4n) is 5.19. The van der Waals surface area contributed by atoms with Gasteiger partial charge in [-0.15, -0.1) is 0 Å². The highest BCUT2D eigenvalue weighted by Gasteiger charge is 2.21. The number of benzene rings is 1. The highest BCUT2D eigenvalue weighted by Crippen LogP contribution is 2.30. The van der Waals surface area contributed by atoms with Crippen molar-refractivity contribution in [1.29, 1.82) is 0 Å². The molecule has 0 radical (unpaired) electrons. The molecule has 0 atom stereocenters. The molecule has 0 unspecified atom stereocenters.